The third-order valence-electron chi connectivity index (χ3n) is 3.68. The molecule has 1 N–H and O–H groups in total. The van der Waals surface area contributed by atoms with Crippen LogP contribution in [-0.2, 0) is 19.2 Å². The highest BCUT2D eigenvalue weighted by molar-refractivity contribution is 7.85. The molecule has 0 spiro atoms. The number of piperidine rings is 1. The summed E-state index contributed by atoms with van der Waals surface area (Å²) < 4.78 is 28.0. The van der Waals surface area contributed by atoms with Crippen LogP contribution in [0.1, 0.15) is 18.4 Å². The molecule has 2 aliphatic rings. The molecule has 2 unspecified atom stereocenters. The second-order valence-corrected chi connectivity index (χ2v) is 6.89. The molecule has 1 aromatic rings. The van der Waals surface area contributed by atoms with Gasteiger partial charge in [0.2, 0.25) is 5.91 Å². The number of rotatable bonds is 3. The predicted octanol–water partition coefficient (Wildman–Crippen LogP) is -0.113. The first-order valence-electron chi connectivity index (χ1n) is 6.90. The largest absolute Gasteiger partial charge is 0.280 e. The number of carbonyl (C=O) groups excluding carboxylic acids is 1. The Kier molecular flexibility index (Phi) is 3.94. The highest BCUT2D eigenvalue weighted by Crippen LogP contribution is 2.30. The molecule has 0 radical (unpaired) electrons. The lowest BCUT2D eigenvalue weighted by molar-refractivity contribution is -0.142. The third-order valence-corrected chi connectivity index (χ3v) is 4.14. The smallest absolute Gasteiger partial charge is 0.273 e. The van der Waals surface area contributed by atoms with Crippen molar-refractivity contribution in [2.24, 2.45) is 11.0 Å². The topological polar surface area (TPSA) is 101 Å². The van der Waals surface area contributed by atoms with Crippen LogP contribution in [-0.4, -0.2) is 48.9 Å². The van der Waals surface area contributed by atoms with E-state index < -0.39 is 22.1 Å². The Morgan fingerprint density at radius 3 is 2.95 bits per heavy atom. The summed E-state index contributed by atoms with van der Waals surface area (Å²) in [6, 6.07) is 3.03. The molecule has 0 aliphatic carbocycles. The molecule has 8 nitrogen and oxygen atoms in total. The van der Waals surface area contributed by atoms with E-state index in [0.29, 0.717) is 25.1 Å². The Balaban J connectivity index is 2.00. The standard InChI is InChI=1S/C13H16N4O4S/c1-22(19,20)21-17-7-3-5-10-12(17)11(15-16-13(10)18)9-4-2-6-14-8-9/h2,4,6,8,10,12H,3,5,7H2,1H3,(H,16,18). The molecule has 1 saturated heterocycles. The minimum Gasteiger partial charge on any atom is -0.273 e. The maximum Gasteiger partial charge on any atom is 0.280 e. The van der Waals surface area contributed by atoms with Crippen LogP contribution >= 0.6 is 0 Å². The van der Waals surface area contributed by atoms with E-state index in [4.69, 9.17) is 4.28 Å². The number of nitrogens with one attached hydrogen (secondary N) is 1. The van der Waals surface area contributed by atoms with Crippen LogP contribution in [0.3, 0.4) is 0 Å². The first kappa shape index (κ1) is 15.1. The van der Waals surface area contributed by atoms with Crippen molar-refractivity contribution in [3.8, 4) is 0 Å². The summed E-state index contributed by atoms with van der Waals surface area (Å²) in [5, 5.41) is 5.45. The zero-order valence-electron chi connectivity index (χ0n) is 12.0. The monoisotopic (exact) mass is 324 g/mol. The highest BCUT2D eigenvalue weighted by Gasteiger charge is 2.44. The van der Waals surface area contributed by atoms with Gasteiger partial charge in [-0.3, -0.25) is 9.78 Å². The maximum absolute atomic E-state index is 12.1. The zero-order chi connectivity index (χ0) is 15.7. The summed E-state index contributed by atoms with van der Waals surface area (Å²) >= 11 is 0. The van der Waals surface area contributed by atoms with Crippen molar-refractivity contribution in [1.29, 1.82) is 0 Å². The minimum absolute atomic E-state index is 0.223. The normalized spacial score (nSPS) is 26.0. The number of carbonyl (C=O) groups is 1. The molecule has 22 heavy (non-hydrogen) atoms. The molecule has 2 aliphatic heterocycles. The number of hydrogen-bond acceptors (Lipinski definition) is 7. The van der Waals surface area contributed by atoms with E-state index >= 15 is 0 Å². The molecule has 1 aromatic heterocycles. The van der Waals surface area contributed by atoms with E-state index in [1.54, 1.807) is 18.5 Å². The van der Waals surface area contributed by atoms with Gasteiger partial charge in [-0.25, -0.2) is 5.43 Å². The SMILES string of the molecule is CS(=O)(=O)ON1CCCC2C(=O)NN=C(c3cccnc3)C21. The average molecular weight is 324 g/mol. The Bertz CT molecular complexity index is 704. The number of hydroxylamine groups is 2. The first-order valence-corrected chi connectivity index (χ1v) is 8.71. The highest BCUT2D eigenvalue weighted by atomic mass is 32.2. The summed E-state index contributed by atoms with van der Waals surface area (Å²) in [6.45, 7) is 0.417. The van der Waals surface area contributed by atoms with Crippen LogP contribution < -0.4 is 5.43 Å². The molecule has 1 amide bonds. The lowest BCUT2D eigenvalue weighted by atomic mass is 9.84. The van der Waals surface area contributed by atoms with Gasteiger partial charge in [-0.2, -0.15) is 22.9 Å². The Hall–Kier alpha value is -1.84. The van der Waals surface area contributed by atoms with Crippen molar-refractivity contribution >= 4 is 21.7 Å². The van der Waals surface area contributed by atoms with Gasteiger partial charge in [-0.15, -0.1) is 0 Å². The number of nitrogens with zero attached hydrogens (tertiary/aromatic N) is 3. The predicted molar refractivity (Wildman–Crippen MR) is 78.1 cm³/mol. The van der Waals surface area contributed by atoms with Crippen molar-refractivity contribution < 1.29 is 17.5 Å². The van der Waals surface area contributed by atoms with E-state index in [1.165, 1.54) is 5.06 Å². The van der Waals surface area contributed by atoms with Crippen molar-refractivity contribution in [1.82, 2.24) is 15.5 Å². The Morgan fingerprint density at radius 2 is 2.27 bits per heavy atom. The summed E-state index contributed by atoms with van der Waals surface area (Å²) in [7, 11) is -3.67. The van der Waals surface area contributed by atoms with E-state index in [9.17, 15) is 13.2 Å². The Labute approximate surface area is 128 Å². The van der Waals surface area contributed by atoms with Gasteiger partial charge in [0, 0.05) is 24.5 Å². The fourth-order valence-corrected chi connectivity index (χ4v) is 3.35. The van der Waals surface area contributed by atoms with E-state index in [1.807, 2.05) is 6.07 Å². The molecule has 0 saturated carbocycles. The molecule has 0 aromatic carbocycles. The molecule has 0 bridgehead atoms. The van der Waals surface area contributed by atoms with Crippen molar-refractivity contribution in [2.45, 2.75) is 18.9 Å². The van der Waals surface area contributed by atoms with Gasteiger partial charge >= 0.3 is 0 Å². The minimum atomic E-state index is -3.67. The van der Waals surface area contributed by atoms with Gasteiger partial charge in [-0.05, 0) is 25.0 Å². The van der Waals surface area contributed by atoms with Crippen molar-refractivity contribution in [3.05, 3.63) is 30.1 Å². The lowest BCUT2D eigenvalue weighted by Gasteiger charge is -2.40. The van der Waals surface area contributed by atoms with E-state index in [-0.39, 0.29) is 5.91 Å². The van der Waals surface area contributed by atoms with Crippen LogP contribution in [0.15, 0.2) is 29.6 Å². The number of fused-ring (bicyclic) bond motifs is 1. The molecule has 3 rings (SSSR count). The lowest BCUT2D eigenvalue weighted by Crippen LogP contribution is -2.57. The fraction of sp³-hybridized carbons (Fsp3) is 0.462. The van der Waals surface area contributed by atoms with Crippen molar-refractivity contribution in [3.63, 3.8) is 0 Å². The Morgan fingerprint density at radius 1 is 1.45 bits per heavy atom. The van der Waals surface area contributed by atoms with Gasteiger partial charge in [0.05, 0.1) is 23.9 Å². The zero-order valence-corrected chi connectivity index (χ0v) is 12.8. The molecule has 9 heteroatoms. The quantitative estimate of drug-likeness (QED) is 0.832. The summed E-state index contributed by atoms with van der Waals surface area (Å²) in [5.41, 5.74) is 3.78. The van der Waals surface area contributed by atoms with Crippen LogP contribution in [0.2, 0.25) is 0 Å². The van der Waals surface area contributed by atoms with E-state index in [0.717, 1.165) is 11.8 Å². The first-order chi connectivity index (χ1) is 10.5. The van der Waals surface area contributed by atoms with E-state index in [2.05, 4.69) is 15.5 Å². The van der Waals surface area contributed by atoms with Gasteiger partial charge in [-0.1, -0.05) is 0 Å². The average Bonchev–Trinajstić information content (AvgIpc) is 2.48. The number of aromatic nitrogens is 1. The molecular formula is C13H16N4O4S. The molecule has 1 fully saturated rings. The van der Waals surface area contributed by atoms with Gasteiger partial charge in [0.25, 0.3) is 10.1 Å². The van der Waals surface area contributed by atoms with Crippen LogP contribution in [0.25, 0.3) is 0 Å². The summed E-state index contributed by atoms with van der Waals surface area (Å²) in [4.78, 5) is 16.1. The number of amides is 1. The van der Waals surface area contributed by atoms with Crippen molar-refractivity contribution in [2.75, 3.05) is 12.8 Å². The molecular weight excluding hydrogens is 308 g/mol. The molecule has 2 atom stereocenters. The van der Waals surface area contributed by atoms with Crippen LogP contribution in [0.4, 0.5) is 0 Å². The number of pyridine rings is 1. The second kappa shape index (κ2) is 5.75. The molecule has 118 valence electrons. The third kappa shape index (κ3) is 3.01. The second-order valence-electron chi connectivity index (χ2n) is 5.33. The molecule has 3 heterocycles. The summed E-state index contributed by atoms with van der Waals surface area (Å²) in [5.74, 6) is -0.623. The maximum atomic E-state index is 12.1. The van der Waals surface area contributed by atoms with Crippen LogP contribution in [0, 0.1) is 5.92 Å². The summed E-state index contributed by atoms with van der Waals surface area (Å²) in [6.07, 6.45) is 5.57. The van der Waals surface area contributed by atoms with Gasteiger partial charge < -0.3 is 0 Å². The fourth-order valence-electron chi connectivity index (χ4n) is 2.84. The van der Waals surface area contributed by atoms with Crippen LogP contribution in [0.5, 0.6) is 0 Å². The number of hydrogen-bond donors (Lipinski definition) is 1. The number of hydrazone groups is 1. The van der Waals surface area contributed by atoms with Gasteiger partial charge in [0.15, 0.2) is 0 Å². The van der Waals surface area contributed by atoms with Gasteiger partial charge in [0.1, 0.15) is 0 Å².